The second-order valence-corrected chi connectivity index (χ2v) is 8.39. The molecule has 0 aliphatic rings. The third-order valence-electron chi connectivity index (χ3n) is 5.03. The highest BCUT2D eigenvalue weighted by Gasteiger charge is 2.15. The Kier molecular flexibility index (Phi) is 6.79. The van der Waals surface area contributed by atoms with Crippen LogP contribution in [0.2, 0.25) is 0 Å². The van der Waals surface area contributed by atoms with Gasteiger partial charge in [0.2, 0.25) is 11.0 Å². The molecule has 1 amide bonds. The van der Waals surface area contributed by atoms with Crippen LogP contribution in [0.4, 0.5) is 5.82 Å². The number of ether oxygens (including phenoxy) is 3. The first-order chi connectivity index (χ1) is 16.0. The van der Waals surface area contributed by atoms with Crippen molar-refractivity contribution >= 4 is 33.3 Å². The predicted octanol–water partition coefficient (Wildman–Crippen LogP) is 4.78. The molecule has 0 radical (unpaired) electrons. The number of carbonyl (C=O) groups is 1. The summed E-state index contributed by atoms with van der Waals surface area (Å²) in [6.07, 6.45) is 0.890. The SMILES string of the molecule is CCOc1ccc(CCC(=O)Nc2cc(C)nn2-c2nc3ccc(OC)cc3s2)cc1OC. The van der Waals surface area contributed by atoms with Gasteiger partial charge >= 0.3 is 0 Å². The Hall–Kier alpha value is -3.59. The van der Waals surface area contributed by atoms with Gasteiger partial charge in [0.05, 0.1) is 36.7 Å². The fraction of sp³-hybridized carbons (Fsp3) is 0.292. The third kappa shape index (κ3) is 5.09. The summed E-state index contributed by atoms with van der Waals surface area (Å²) in [6.45, 7) is 4.37. The molecule has 0 unspecified atom stereocenters. The highest BCUT2D eigenvalue weighted by atomic mass is 32.1. The van der Waals surface area contributed by atoms with Crippen molar-refractivity contribution in [3.05, 3.63) is 53.7 Å². The summed E-state index contributed by atoms with van der Waals surface area (Å²) in [4.78, 5) is 17.4. The molecular formula is C24H26N4O4S. The number of fused-ring (bicyclic) bond motifs is 1. The number of thiazole rings is 1. The average molecular weight is 467 g/mol. The quantitative estimate of drug-likeness (QED) is 0.382. The van der Waals surface area contributed by atoms with Gasteiger partial charge in [0.1, 0.15) is 11.6 Å². The number of anilines is 1. The van der Waals surface area contributed by atoms with Crippen molar-refractivity contribution in [2.45, 2.75) is 26.7 Å². The monoisotopic (exact) mass is 466 g/mol. The highest BCUT2D eigenvalue weighted by molar-refractivity contribution is 7.20. The predicted molar refractivity (Wildman–Crippen MR) is 129 cm³/mol. The minimum atomic E-state index is -0.105. The minimum Gasteiger partial charge on any atom is -0.497 e. The Bertz CT molecular complexity index is 1280. The minimum absolute atomic E-state index is 0.105. The molecule has 33 heavy (non-hydrogen) atoms. The molecule has 0 saturated heterocycles. The molecule has 0 aliphatic carbocycles. The summed E-state index contributed by atoms with van der Waals surface area (Å²) in [5.74, 6) is 2.62. The molecule has 2 aromatic heterocycles. The van der Waals surface area contributed by atoms with Crippen LogP contribution in [0, 0.1) is 6.92 Å². The molecule has 1 N–H and O–H groups in total. The Balaban J connectivity index is 1.47. The van der Waals surface area contributed by atoms with Crippen LogP contribution in [-0.4, -0.2) is 41.5 Å². The lowest BCUT2D eigenvalue weighted by atomic mass is 10.1. The topological polar surface area (TPSA) is 87.5 Å². The zero-order valence-electron chi connectivity index (χ0n) is 19.0. The first-order valence-corrected chi connectivity index (χ1v) is 11.4. The maximum atomic E-state index is 12.7. The van der Waals surface area contributed by atoms with Crippen LogP contribution >= 0.6 is 11.3 Å². The molecule has 172 valence electrons. The van der Waals surface area contributed by atoms with Crippen molar-refractivity contribution in [3.8, 4) is 22.4 Å². The van der Waals surface area contributed by atoms with E-state index in [0.717, 1.165) is 27.2 Å². The van der Waals surface area contributed by atoms with Crippen molar-refractivity contribution in [1.29, 1.82) is 0 Å². The number of aromatic nitrogens is 3. The van der Waals surface area contributed by atoms with Gasteiger partial charge in [-0.15, -0.1) is 0 Å². The highest BCUT2D eigenvalue weighted by Crippen LogP contribution is 2.31. The smallest absolute Gasteiger partial charge is 0.225 e. The van der Waals surface area contributed by atoms with Crippen LogP contribution in [0.5, 0.6) is 17.2 Å². The lowest BCUT2D eigenvalue weighted by Crippen LogP contribution is -2.15. The molecule has 0 aliphatic heterocycles. The van der Waals surface area contributed by atoms with Gasteiger partial charge in [0.25, 0.3) is 0 Å². The number of methoxy groups -OCH3 is 2. The van der Waals surface area contributed by atoms with Gasteiger partial charge < -0.3 is 19.5 Å². The van der Waals surface area contributed by atoms with Crippen molar-refractivity contribution in [3.63, 3.8) is 0 Å². The summed E-state index contributed by atoms with van der Waals surface area (Å²) in [5, 5.41) is 8.18. The van der Waals surface area contributed by atoms with Crippen molar-refractivity contribution in [1.82, 2.24) is 14.8 Å². The Morgan fingerprint density at radius 2 is 1.94 bits per heavy atom. The Morgan fingerprint density at radius 3 is 2.70 bits per heavy atom. The zero-order chi connectivity index (χ0) is 23.4. The van der Waals surface area contributed by atoms with Gasteiger partial charge in [-0.25, -0.2) is 4.98 Å². The lowest BCUT2D eigenvalue weighted by molar-refractivity contribution is -0.116. The van der Waals surface area contributed by atoms with E-state index < -0.39 is 0 Å². The lowest BCUT2D eigenvalue weighted by Gasteiger charge is -2.11. The summed E-state index contributed by atoms with van der Waals surface area (Å²) >= 11 is 1.49. The third-order valence-corrected chi connectivity index (χ3v) is 6.03. The molecule has 2 aromatic carbocycles. The number of hydrogen-bond donors (Lipinski definition) is 1. The molecule has 0 saturated carbocycles. The largest absolute Gasteiger partial charge is 0.497 e. The van der Waals surface area contributed by atoms with E-state index in [1.807, 2.05) is 56.3 Å². The molecule has 0 bridgehead atoms. The normalized spacial score (nSPS) is 10.9. The fourth-order valence-electron chi connectivity index (χ4n) is 3.45. The van der Waals surface area contributed by atoms with Crippen LogP contribution in [0.3, 0.4) is 0 Å². The number of carbonyl (C=O) groups excluding carboxylic acids is 1. The number of nitrogens with zero attached hydrogens (tertiary/aromatic N) is 3. The second kappa shape index (κ2) is 9.91. The van der Waals surface area contributed by atoms with E-state index in [2.05, 4.69) is 15.4 Å². The van der Waals surface area contributed by atoms with E-state index >= 15 is 0 Å². The number of hydrogen-bond acceptors (Lipinski definition) is 7. The van der Waals surface area contributed by atoms with E-state index in [4.69, 9.17) is 14.2 Å². The van der Waals surface area contributed by atoms with E-state index in [1.54, 1.807) is 18.9 Å². The summed E-state index contributed by atoms with van der Waals surface area (Å²) in [5.41, 5.74) is 2.64. The number of rotatable bonds is 9. The van der Waals surface area contributed by atoms with Crippen LogP contribution in [0.1, 0.15) is 24.6 Å². The summed E-state index contributed by atoms with van der Waals surface area (Å²) < 4.78 is 18.9. The Labute approximate surface area is 196 Å². The average Bonchev–Trinajstić information content (AvgIpc) is 3.40. The van der Waals surface area contributed by atoms with Crippen LogP contribution in [-0.2, 0) is 11.2 Å². The molecule has 4 rings (SSSR count). The van der Waals surface area contributed by atoms with Crippen molar-refractivity contribution in [2.75, 3.05) is 26.1 Å². The molecule has 8 nitrogen and oxygen atoms in total. The van der Waals surface area contributed by atoms with Gasteiger partial charge in [-0.3, -0.25) is 4.79 Å². The van der Waals surface area contributed by atoms with Crippen molar-refractivity contribution < 1.29 is 19.0 Å². The number of benzene rings is 2. The van der Waals surface area contributed by atoms with E-state index in [9.17, 15) is 4.79 Å². The molecule has 2 heterocycles. The van der Waals surface area contributed by atoms with E-state index in [1.165, 1.54) is 11.3 Å². The number of nitrogens with one attached hydrogen (secondary N) is 1. The fourth-order valence-corrected chi connectivity index (χ4v) is 4.41. The van der Waals surface area contributed by atoms with Crippen molar-refractivity contribution in [2.24, 2.45) is 0 Å². The van der Waals surface area contributed by atoms with E-state index in [0.29, 0.717) is 41.9 Å². The number of aryl methyl sites for hydroxylation is 2. The van der Waals surface area contributed by atoms with E-state index in [-0.39, 0.29) is 5.91 Å². The molecule has 0 fully saturated rings. The van der Waals surface area contributed by atoms with Gasteiger partial charge in [-0.2, -0.15) is 9.78 Å². The summed E-state index contributed by atoms with van der Waals surface area (Å²) in [6, 6.07) is 13.3. The van der Waals surface area contributed by atoms with Crippen LogP contribution < -0.4 is 19.5 Å². The standard InChI is InChI=1S/C24H26N4O4S/c1-5-32-19-10-6-16(13-20(19)31-4)7-11-23(29)26-22-12-15(2)27-28(22)24-25-18-9-8-17(30-3)14-21(18)33-24/h6,8-10,12-14H,5,7,11H2,1-4H3,(H,26,29). The van der Waals surface area contributed by atoms with Gasteiger partial charge in [-0.05, 0) is 56.2 Å². The van der Waals surface area contributed by atoms with Crippen LogP contribution in [0.25, 0.3) is 15.3 Å². The van der Waals surface area contributed by atoms with Gasteiger partial charge in [-0.1, -0.05) is 17.4 Å². The van der Waals surface area contributed by atoms with Gasteiger partial charge in [0, 0.05) is 12.5 Å². The number of amides is 1. The maximum Gasteiger partial charge on any atom is 0.225 e. The second-order valence-electron chi connectivity index (χ2n) is 7.38. The molecule has 0 atom stereocenters. The Morgan fingerprint density at radius 1 is 1.09 bits per heavy atom. The molecule has 9 heteroatoms. The maximum absolute atomic E-state index is 12.7. The molecule has 4 aromatic rings. The zero-order valence-corrected chi connectivity index (χ0v) is 19.9. The summed E-state index contributed by atoms with van der Waals surface area (Å²) in [7, 11) is 3.24. The van der Waals surface area contributed by atoms with Crippen LogP contribution in [0.15, 0.2) is 42.5 Å². The first kappa shape index (κ1) is 22.6. The molecular weight excluding hydrogens is 440 g/mol. The van der Waals surface area contributed by atoms with Gasteiger partial charge in [0.15, 0.2) is 11.5 Å². The first-order valence-electron chi connectivity index (χ1n) is 10.6. The molecule has 0 spiro atoms.